The summed E-state index contributed by atoms with van der Waals surface area (Å²) in [6.07, 6.45) is 0. The van der Waals surface area contributed by atoms with E-state index in [1.807, 2.05) is 19.1 Å². The molecule has 0 atom stereocenters. The van der Waals surface area contributed by atoms with E-state index in [0.29, 0.717) is 15.9 Å². The van der Waals surface area contributed by atoms with Gasteiger partial charge >= 0.3 is 0 Å². The molecule has 1 N–H and O–H groups in total. The highest BCUT2D eigenvalue weighted by molar-refractivity contribution is 9.10. The fourth-order valence-corrected chi connectivity index (χ4v) is 3.89. The maximum atomic E-state index is 12.6. The molecule has 0 radical (unpaired) electrons. The van der Waals surface area contributed by atoms with Crippen molar-refractivity contribution in [3.63, 3.8) is 0 Å². The van der Waals surface area contributed by atoms with Gasteiger partial charge < -0.3 is 9.47 Å². The molecule has 0 aliphatic carbocycles. The molecule has 0 amide bonds. The third-order valence-corrected chi connectivity index (χ3v) is 5.07. The lowest BCUT2D eigenvalue weighted by Gasteiger charge is -2.14. The van der Waals surface area contributed by atoms with E-state index in [0.717, 1.165) is 5.56 Å². The Morgan fingerprint density at radius 2 is 1.77 bits per heavy atom. The third-order valence-electron chi connectivity index (χ3n) is 3.03. The van der Waals surface area contributed by atoms with E-state index in [9.17, 15) is 8.42 Å². The number of hydrogen-bond donors (Lipinski definition) is 1. The average Bonchev–Trinajstić information content (AvgIpc) is 2.49. The normalized spacial score (nSPS) is 11.1. The molecule has 0 aromatic heterocycles. The van der Waals surface area contributed by atoms with Crippen LogP contribution in [0.2, 0.25) is 0 Å². The maximum absolute atomic E-state index is 12.6. The molecule has 0 bridgehead atoms. The molecule has 22 heavy (non-hydrogen) atoms. The Hall–Kier alpha value is -1.73. The molecule has 0 aliphatic heterocycles. The smallest absolute Gasteiger partial charge is 0.265 e. The zero-order valence-electron chi connectivity index (χ0n) is 12.4. The van der Waals surface area contributed by atoms with Crippen LogP contribution in [-0.4, -0.2) is 22.6 Å². The van der Waals surface area contributed by atoms with E-state index in [-0.39, 0.29) is 10.6 Å². The van der Waals surface area contributed by atoms with Crippen molar-refractivity contribution >= 4 is 31.6 Å². The standard InChI is InChI=1S/C15H16BrNO4S/c1-10-4-6-13(12(16)8-10)17-22(18,19)15-9-11(20-2)5-7-14(15)21-3/h4-9,17H,1-3H3. The number of benzene rings is 2. The first-order chi connectivity index (χ1) is 10.4. The first-order valence-corrected chi connectivity index (χ1v) is 8.66. The number of ether oxygens (including phenoxy) is 2. The third kappa shape index (κ3) is 3.53. The minimum Gasteiger partial charge on any atom is -0.497 e. The van der Waals surface area contributed by atoms with Crippen molar-refractivity contribution < 1.29 is 17.9 Å². The summed E-state index contributed by atoms with van der Waals surface area (Å²) in [5.41, 5.74) is 1.48. The first-order valence-electron chi connectivity index (χ1n) is 6.38. The molecule has 7 heteroatoms. The van der Waals surface area contributed by atoms with Gasteiger partial charge in [0.15, 0.2) is 0 Å². The fourth-order valence-electron chi connectivity index (χ4n) is 1.90. The summed E-state index contributed by atoms with van der Waals surface area (Å²) in [6.45, 7) is 1.92. The van der Waals surface area contributed by atoms with Crippen LogP contribution in [-0.2, 0) is 10.0 Å². The van der Waals surface area contributed by atoms with Gasteiger partial charge in [0.2, 0.25) is 0 Å². The maximum Gasteiger partial charge on any atom is 0.265 e. The number of halogens is 1. The molecule has 5 nitrogen and oxygen atoms in total. The summed E-state index contributed by atoms with van der Waals surface area (Å²) in [5.74, 6) is 0.681. The van der Waals surface area contributed by atoms with Crippen molar-refractivity contribution in [1.82, 2.24) is 0 Å². The van der Waals surface area contributed by atoms with Gasteiger partial charge in [0.05, 0.1) is 19.9 Å². The highest BCUT2D eigenvalue weighted by atomic mass is 79.9. The van der Waals surface area contributed by atoms with Crippen molar-refractivity contribution in [1.29, 1.82) is 0 Å². The Kier molecular flexibility index (Phi) is 4.97. The van der Waals surface area contributed by atoms with Gasteiger partial charge in [0, 0.05) is 10.5 Å². The van der Waals surface area contributed by atoms with Gasteiger partial charge in [0.25, 0.3) is 10.0 Å². The van der Waals surface area contributed by atoms with Crippen LogP contribution in [0.5, 0.6) is 11.5 Å². The van der Waals surface area contributed by atoms with E-state index >= 15 is 0 Å². The molecule has 2 rings (SSSR count). The summed E-state index contributed by atoms with van der Waals surface area (Å²) in [5, 5.41) is 0. The molecule has 0 spiro atoms. The Morgan fingerprint density at radius 1 is 1.05 bits per heavy atom. The first kappa shape index (κ1) is 16.6. The van der Waals surface area contributed by atoms with Crippen molar-refractivity contribution in [2.45, 2.75) is 11.8 Å². The molecule has 118 valence electrons. The summed E-state index contributed by atoms with van der Waals surface area (Å²) >= 11 is 3.35. The summed E-state index contributed by atoms with van der Waals surface area (Å²) in [7, 11) is -0.915. The Morgan fingerprint density at radius 3 is 2.36 bits per heavy atom. The second-order valence-electron chi connectivity index (χ2n) is 4.61. The highest BCUT2D eigenvalue weighted by Crippen LogP contribution is 2.31. The topological polar surface area (TPSA) is 64.6 Å². The Bertz CT molecular complexity index is 790. The van der Waals surface area contributed by atoms with Crippen LogP contribution in [0.4, 0.5) is 5.69 Å². The largest absolute Gasteiger partial charge is 0.497 e. The van der Waals surface area contributed by atoms with Crippen LogP contribution in [0.15, 0.2) is 45.8 Å². The monoisotopic (exact) mass is 385 g/mol. The predicted molar refractivity (Wildman–Crippen MR) is 89.2 cm³/mol. The molecule has 0 unspecified atom stereocenters. The molecule has 2 aromatic rings. The SMILES string of the molecule is COc1ccc(OC)c(S(=O)(=O)Nc2ccc(C)cc2Br)c1. The van der Waals surface area contributed by atoms with Gasteiger partial charge in [-0.05, 0) is 52.7 Å². The Balaban J connectivity index is 2.46. The zero-order valence-corrected chi connectivity index (χ0v) is 14.8. The molecule has 0 aliphatic rings. The fraction of sp³-hybridized carbons (Fsp3) is 0.200. The molecule has 2 aromatic carbocycles. The van der Waals surface area contributed by atoms with Gasteiger partial charge in [-0.1, -0.05) is 6.07 Å². The molecule has 0 heterocycles. The summed E-state index contributed by atoms with van der Waals surface area (Å²) in [6, 6.07) is 9.97. The number of rotatable bonds is 5. The second-order valence-corrected chi connectivity index (χ2v) is 7.11. The average molecular weight is 386 g/mol. The van der Waals surface area contributed by atoms with Crippen molar-refractivity contribution in [2.24, 2.45) is 0 Å². The van der Waals surface area contributed by atoms with Crippen LogP contribution in [0.3, 0.4) is 0 Å². The molecular formula is C15H16BrNO4S. The van der Waals surface area contributed by atoms with E-state index < -0.39 is 10.0 Å². The quantitative estimate of drug-likeness (QED) is 0.853. The lowest BCUT2D eigenvalue weighted by molar-refractivity contribution is 0.392. The van der Waals surface area contributed by atoms with E-state index in [1.54, 1.807) is 18.2 Å². The van der Waals surface area contributed by atoms with E-state index in [4.69, 9.17) is 9.47 Å². The minimum absolute atomic E-state index is 0.0156. The van der Waals surface area contributed by atoms with E-state index in [1.165, 1.54) is 20.3 Å². The number of anilines is 1. The lowest BCUT2D eigenvalue weighted by Crippen LogP contribution is -2.14. The van der Waals surface area contributed by atoms with E-state index in [2.05, 4.69) is 20.7 Å². The number of nitrogens with one attached hydrogen (secondary N) is 1. The van der Waals surface area contributed by atoms with Crippen molar-refractivity contribution in [3.8, 4) is 11.5 Å². The number of sulfonamides is 1. The number of hydrogen-bond acceptors (Lipinski definition) is 4. The van der Waals surface area contributed by atoms with Crippen molar-refractivity contribution in [2.75, 3.05) is 18.9 Å². The van der Waals surface area contributed by atoms with Gasteiger partial charge in [-0.25, -0.2) is 8.42 Å². The minimum atomic E-state index is -3.81. The van der Waals surface area contributed by atoms with Gasteiger partial charge in [-0.3, -0.25) is 4.72 Å². The second kappa shape index (κ2) is 6.58. The predicted octanol–water partition coefficient (Wildman–Crippen LogP) is 3.58. The molecule has 0 fully saturated rings. The van der Waals surface area contributed by atoms with Crippen molar-refractivity contribution in [3.05, 3.63) is 46.4 Å². The molecule has 0 saturated carbocycles. The summed E-state index contributed by atoms with van der Waals surface area (Å²) < 4.78 is 38.7. The van der Waals surface area contributed by atoms with Crippen LogP contribution in [0.1, 0.15) is 5.56 Å². The lowest BCUT2D eigenvalue weighted by atomic mass is 10.2. The van der Waals surface area contributed by atoms with Gasteiger partial charge in [-0.2, -0.15) is 0 Å². The van der Waals surface area contributed by atoms with Crippen LogP contribution >= 0.6 is 15.9 Å². The van der Waals surface area contributed by atoms with Gasteiger partial charge in [0.1, 0.15) is 16.4 Å². The van der Waals surface area contributed by atoms with Crippen LogP contribution in [0, 0.1) is 6.92 Å². The molecule has 0 saturated heterocycles. The summed E-state index contributed by atoms with van der Waals surface area (Å²) in [4.78, 5) is 0.0156. The molecular weight excluding hydrogens is 370 g/mol. The van der Waals surface area contributed by atoms with Crippen LogP contribution in [0.25, 0.3) is 0 Å². The number of methoxy groups -OCH3 is 2. The number of aryl methyl sites for hydroxylation is 1. The zero-order chi connectivity index (χ0) is 16.3. The van der Waals surface area contributed by atoms with Gasteiger partial charge in [-0.15, -0.1) is 0 Å². The Labute approximate surface area is 138 Å². The van der Waals surface area contributed by atoms with Crippen LogP contribution < -0.4 is 14.2 Å². The highest BCUT2D eigenvalue weighted by Gasteiger charge is 2.21.